The van der Waals surface area contributed by atoms with Gasteiger partial charge in [-0.3, -0.25) is 9.78 Å². The standard InChI is InChI=1S/C20H29N5O3/c1-5-16(23-21-12-13-24(6-2)7-3)17-18(26)22-20(28)25(19(17)27)15-10-8-14(4)9-11-15/h8-11,21,27H,5-7,12-13H2,1-4H3,(H,22,26,28)/b23-16+. The summed E-state index contributed by atoms with van der Waals surface area (Å²) in [6.45, 7) is 11.3. The van der Waals surface area contributed by atoms with Gasteiger partial charge in [-0.15, -0.1) is 0 Å². The highest BCUT2D eigenvalue weighted by atomic mass is 16.3. The second-order valence-electron chi connectivity index (χ2n) is 6.48. The largest absolute Gasteiger partial charge is 0.493 e. The summed E-state index contributed by atoms with van der Waals surface area (Å²) < 4.78 is 1.08. The lowest BCUT2D eigenvalue weighted by atomic mass is 10.1. The molecular formula is C20H29N5O3. The Morgan fingerprint density at radius 1 is 1.18 bits per heavy atom. The predicted octanol–water partition coefficient (Wildman–Crippen LogP) is 1.59. The van der Waals surface area contributed by atoms with Crippen LogP contribution in [0.2, 0.25) is 0 Å². The molecule has 8 heteroatoms. The number of nitrogens with one attached hydrogen (secondary N) is 2. The number of aromatic nitrogens is 2. The number of hydrogen-bond acceptors (Lipinski definition) is 6. The molecule has 8 nitrogen and oxygen atoms in total. The van der Waals surface area contributed by atoms with Gasteiger partial charge in [0.2, 0.25) is 5.88 Å². The van der Waals surface area contributed by atoms with Crippen LogP contribution in [0.4, 0.5) is 0 Å². The van der Waals surface area contributed by atoms with Gasteiger partial charge in [0.15, 0.2) is 0 Å². The van der Waals surface area contributed by atoms with E-state index >= 15 is 0 Å². The molecule has 152 valence electrons. The molecule has 1 aromatic heterocycles. The smallest absolute Gasteiger partial charge is 0.335 e. The van der Waals surface area contributed by atoms with Gasteiger partial charge in [-0.1, -0.05) is 38.5 Å². The van der Waals surface area contributed by atoms with Gasteiger partial charge in [-0.2, -0.15) is 5.10 Å². The summed E-state index contributed by atoms with van der Waals surface area (Å²) in [4.78, 5) is 29.2. The van der Waals surface area contributed by atoms with Crippen molar-refractivity contribution >= 4 is 5.71 Å². The second kappa shape index (κ2) is 9.89. The highest BCUT2D eigenvalue weighted by molar-refractivity contribution is 6.01. The second-order valence-corrected chi connectivity index (χ2v) is 6.48. The van der Waals surface area contributed by atoms with Crippen molar-refractivity contribution in [3.63, 3.8) is 0 Å². The van der Waals surface area contributed by atoms with E-state index in [-0.39, 0.29) is 5.56 Å². The topological polar surface area (TPSA) is 103 Å². The first-order chi connectivity index (χ1) is 13.4. The van der Waals surface area contributed by atoms with Crippen LogP contribution in [0.3, 0.4) is 0 Å². The summed E-state index contributed by atoms with van der Waals surface area (Å²) in [6.07, 6.45) is 0.418. The maximum atomic E-state index is 12.4. The lowest BCUT2D eigenvalue weighted by Crippen LogP contribution is -2.34. The number of hydrazone groups is 1. The van der Waals surface area contributed by atoms with Gasteiger partial charge in [-0.05, 0) is 38.6 Å². The molecule has 0 aliphatic heterocycles. The van der Waals surface area contributed by atoms with E-state index in [1.807, 2.05) is 26.0 Å². The van der Waals surface area contributed by atoms with E-state index in [4.69, 9.17) is 0 Å². The number of nitrogens with zero attached hydrogens (tertiary/aromatic N) is 3. The van der Waals surface area contributed by atoms with Crippen molar-refractivity contribution in [1.29, 1.82) is 0 Å². The summed E-state index contributed by atoms with van der Waals surface area (Å²) >= 11 is 0. The molecule has 0 unspecified atom stereocenters. The number of aryl methyl sites for hydroxylation is 1. The molecule has 0 bridgehead atoms. The normalized spacial score (nSPS) is 11.8. The highest BCUT2D eigenvalue weighted by Gasteiger charge is 2.19. The number of rotatable bonds is 9. The first kappa shape index (κ1) is 21.4. The molecular weight excluding hydrogens is 358 g/mol. The van der Waals surface area contributed by atoms with Crippen molar-refractivity contribution < 1.29 is 5.11 Å². The summed E-state index contributed by atoms with van der Waals surface area (Å²) in [5, 5.41) is 15.0. The Hall–Kier alpha value is -2.87. The summed E-state index contributed by atoms with van der Waals surface area (Å²) in [6, 6.07) is 7.08. The van der Waals surface area contributed by atoms with Crippen LogP contribution in [-0.4, -0.2) is 51.4 Å². The molecule has 0 aliphatic rings. The van der Waals surface area contributed by atoms with Crippen LogP contribution in [-0.2, 0) is 0 Å². The van der Waals surface area contributed by atoms with E-state index in [0.29, 0.717) is 24.4 Å². The zero-order valence-electron chi connectivity index (χ0n) is 17.0. The fourth-order valence-electron chi connectivity index (χ4n) is 2.93. The lowest BCUT2D eigenvalue weighted by molar-refractivity contribution is 0.303. The summed E-state index contributed by atoms with van der Waals surface area (Å²) in [5.74, 6) is -0.413. The first-order valence-electron chi connectivity index (χ1n) is 9.60. The molecule has 0 radical (unpaired) electrons. The lowest BCUT2D eigenvalue weighted by Gasteiger charge is -2.17. The van der Waals surface area contributed by atoms with Crippen LogP contribution in [0, 0.1) is 6.92 Å². The molecule has 2 rings (SSSR count). The molecule has 0 saturated carbocycles. The quantitative estimate of drug-likeness (QED) is 0.344. The molecule has 2 aromatic rings. The van der Waals surface area contributed by atoms with Crippen LogP contribution >= 0.6 is 0 Å². The molecule has 0 amide bonds. The Morgan fingerprint density at radius 2 is 1.82 bits per heavy atom. The van der Waals surface area contributed by atoms with Crippen molar-refractivity contribution in [2.75, 3.05) is 26.2 Å². The predicted molar refractivity (Wildman–Crippen MR) is 112 cm³/mol. The van der Waals surface area contributed by atoms with E-state index in [9.17, 15) is 14.7 Å². The molecule has 1 heterocycles. The molecule has 28 heavy (non-hydrogen) atoms. The average Bonchev–Trinajstić information content (AvgIpc) is 2.67. The van der Waals surface area contributed by atoms with E-state index < -0.39 is 17.1 Å². The summed E-state index contributed by atoms with van der Waals surface area (Å²) in [7, 11) is 0. The van der Waals surface area contributed by atoms with Crippen molar-refractivity contribution in [2.45, 2.75) is 34.1 Å². The SMILES string of the molecule is CC/C(=N\NCCN(CC)CC)c1c(O)n(-c2ccc(C)cc2)c(=O)[nH]c1=O. The van der Waals surface area contributed by atoms with Gasteiger partial charge in [0, 0.05) is 13.1 Å². The molecule has 0 aliphatic carbocycles. The number of benzene rings is 1. The van der Waals surface area contributed by atoms with Gasteiger partial charge < -0.3 is 15.4 Å². The number of hydrogen-bond donors (Lipinski definition) is 3. The van der Waals surface area contributed by atoms with E-state index in [0.717, 1.165) is 29.8 Å². The van der Waals surface area contributed by atoms with Gasteiger partial charge in [0.1, 0.15) is 5.56 Å². The van der Waals surface area contributed by atoms with E-state index in [2.05, 4.69) is 34.3 Å². The third-order valence-corrected chi connectivity index (χ3v) is 4.65. The number of aromatic amines is 1. The van der Waals surface area contributed by atoms with Crippen LogP contribution in [0.15, 0.2) is 39.0 Å². The number of aromatic hydroxyl groups is 1. The van der Waals surface area contributed by atoms with E-state index in [1.165, 1.54) is 0 Å². The highest BCUT2D eigenvalue weighted by Crippen LogP contribution is 2.18. The zero-order valence-corrected chi connectivity index (χ0v) is 17.0. The monoisotopic (exact) mass is 387 g/mol. The van der Waals surface area contributed by atoms with Crippen LogP contribution in [0.5, 0.6) is 5.88 Å². The van der Waals surface area contributed by atoms with Crippen LogP contribution in [0.25, 0.3) is 5.69 Å². The maximum Gasteiger partial charge on any atom is 0.335 e. The van der Waals surface area contributed by atoms with Gasteiger partial charge in [0.25, 0.3) is 5.56 Å². The fourth-order valence-corrected chi connectivity index (χ4v) is 2.93. The van der Waals surface area contributed by atoms with Crippen molar-refractivity contribution in [2.24, 2.45) is 5.10 Å². The minimum absolute atomic E-state index is 0.00184. The summed E-state index contributed by atoms with van der Waals surface area (Å²) in [5.41, 5.74) is 3.49. The van der Waals surface area contributed by atoms with Gasteiger partial charge >= 0.3 is 5.69 Å². The molecule has 1 aromatic carbocycles. The third kappa shape index (κ3) is 4.89. The Balaban J connectivity index is 2.39. The van der Waals surface area contributed by atoms with E-state index in [1.54, 1.807) is 12.1 Å². The maximum absolute atomic E-state index is 12.4. The minimum atomic E-state index is -0.694. The Morgan fingerprint density at radius 3 is 2.39 bits per heavy atom. The Kier molecular flexibility index (Phi) is 7.57. The third-order valence-electron chi connectivity index (χ3n) is 4.65. The molecule has 3 N–H and O–H groups in total. The fraction of sp³-hybridized carbons (Fsp3) is 0.450. The molecule has 0 saturated heterocycles. The average molecular weight is 387 g/mol. The molecule has 0 spiro atoms. The van der Waals surface area contributed by atoms with Crippen molar-refractivity contribution in [3.8, 4) is 11.6 Å². The van der Waals surface area contributed by atoms with Crippen molar-refractivity contribution in [3.05, 3.63) is 56.2 Å². The van der Waals surface area contributed by atoms with Crippen molar-refractivity contribution in [1.82, 2.24) is 19.9 Å². The molecule has 0 atom stereocenters. The van der Waals surface area contributed by atoms with Gasteiger partial charge in [0.05, 0.1) is 11.4 Å². The van der Waals surface area contributed by atoms with Crippen LogP contribution in [0.1, 0.15) is 38.3 Å². The minimum Gasteiger partial charge on any atom is -0.493 e. The number of likely N-dealkylation sites (N-methyl/N-ethyl adjacent to an activating group) is 1. The zero-order chi connectivity index (χ0) is 20.7. The Bertz CT molecular complexity index is 924. The van der Waals surface area contributed by atoms with Crippen LogP contribution < -0.4 is 16.7 Å². The number of H-pyrrole nitrogens is 1. The molecule has 0 fully saturated rings. The van der Waals surface area contributed by atoms with Gasteiger partial charge in [-0.25, -0.2) is 9.36 Å². The first-order valence-corrected chi connectivity index (χ1v) is 9.60. The Labute approximate surface area is 164 Å².